The van der Waals surface area contributed by atoms with Crippen molar-refractivity contribution >= 4 is 51.7 Å². The van der Waals surface area contributed by atoms with Crippen molar-refractivity contribution in [1.29, 1.82) is 0 Å². The number of hydrogen-bond acceptors (Lipinski definition) is 13. The van der Waals surface area contributed by atoms with Gasteiger partial charge in [0.1, 0.15) is 36.7 Å². The highest BCUT2D eigenvalue weighted by Gasteiger charge is 2.53. The lowest BCUT2D eigenvalue weighted by molar-refractivity contribution is -0.923. The van der Waals surface area contributed by atoms with Crippen LogP contribution < -0.4 is 16.2 Å². The number of carboxylic acids is 1. The first-order valence-corrected chi connectivity index (χ1v) is 13.7. The summed E-state index contributed by atoms with van der Waals surface area (Å²) in [5.41, 5.74) is 5.18. The van der Waals surface area contributed by atoms with Gasteiger partial charge in [-0.15, -0.1) is 23.1 Å². The molecular weight excluding hydrogens is 559 g/mol. The minimum atomic E-state index is -1.57. The molecule has 17 heteroatoms. The molecule has 2 atom stereocenters. The summed E-state index contributed by atoms with van der Waals surface area (Å²) in [6.07, 6.45) is 3.20. The van der Waals surface area contributed by atoms with E-state index in [4.69, 9.17) is 5.73 Å². The molecule has 14 nitrogen and oxygen atoms in total. The molecule has 2 aliphatic heterocycles. The number of carbonyl (C=O) groups is 3. The third-order valence-electron chi connectivity index (χ3n) is 6.20. The highest BCUT2D eigenvalue weighted by atomic mass is 32.2. The molecule has 3 rings (SSSR count). The topological polar surface area (TPSA) is 211 Å². The molecule has 39 heavy (non-hydrogen) atoms. The van der Waals surface area contributed by atoms with E-state index in [-0.39, 0.29) is 72.8 Å². The second-order valence-corrected chi connectivity index (χ2v) is 10.5. The molecule has 1 aromatic rings. The summed E-state index contributed by atoms with van der Waals surface area (Å²) >= 11 is 2.23. The number of aliphatic hydroxyl groups excluding tert-OH is 3. The number of rotatable bonds is 15. The number of anilines is 1. The van der Waals surface area contributed by atoms with Crippen molar-refractivity contribution in [3.05, 3.63) is 34.5 Å². The Hall–Kier alpha value is -3.09. The minimum absolute atomic E-state index is 0.0178. The fourth-order valence-corrected chi connectivity index (χ4v) is 6.19. The van der Waals surface area contributed by atoms with Gasteiger partial charge in [-0.3, -0.25) is 14.5 Å². The average molecular weight is 589 g/mol. The van der Waals surface area contributed by atoms with E-state index < -0.39 is 41.8 Å². The molecule has 0 spiro atoms. The van der Waals surface area contributed by atoms with E-state index in [2.05, 4.69) is 20.3 Å². The summed E-state index contributed by atoms with van der Waals surface area (Å²) in [5, 5.41) is 47.0. The van der Waals surface area contributed by atoms with Crippen LogP contribution in [0.1, 0.15) is 5.69 Å². The minimum Gasteiger partial charge on any atom is -0.543 e. The number of thioether (sulfide) groups is 1. The highest BCUT2D eigenvalue weighted by molar-refractivity contribution is 8.00. The number of amides is 2. The van der Waals surface area contributed by atoms with Crippen LogP contribution in [0.25, 0.3) is 0 Å². The van der Waals surface area contributed by atoms with Gasteiger partial charge >= 0.3 is 0 Å². The number of nitrogens with zero attached hydrogens (tertiary/aromatic N) is 4. The number of β-lactam (4-membered cyclic amide) rings is 1. The van der Waals surface area contributed by atoms with E-state index in [9.17, 15) is 39.2 Å². The number of aliphatic hydroxyl groups is 3. The summed E-state index contributed by atoms with van der Waals surface area (Å²) in [6, 6.07) is -1.10. The molecule has 0 unspecified atom stereocenters. The number of nitrogens with two attached hydrogens (primary N) is 1. The second kappa shape index (κ2) is 13.8. The summed E-state index contributed by atoms with van der Waals surface area (Å²) in [5.74, 6) is -2.98. The number of aliphatic carboxylic acids is 1. The van der Waals surface area contributed by atoms with Crippen LogP contribution in [0.4, 0.5) is 9.52 Å². The predicted octanol–water partition coefficient (Wildman–Crippen LogP) is -2.87. The maximum atomic E-state index is 13.0. The first-order chi connectivity index (χ1) is 18.7. The lowest BCUT2D eigenvalue weighted by Gasteiger charge is -2.50. The van der Waals surface area contributed by atoms with Crippen LogP contribution in [-0.2, 0) is 19.2 Å². The van der Waals surface area contributed by atoms with E-state index in [1.54, 1.807) is 12.2 Å². The summed E-state index contributed by atoms with van der Waals surface area (Å²) in [4.78, 5) is 47.1. The number of halogens is 1. The van der Waals surface area contributed by atoms with Crippen LogP contribution in [0.15, 0.2) is 34.0 Å². The Morgan fingerprint density at radius 2 is 1.97 bits per heavy atom. The van der Waals surface area contributed by atoms with Crippen molar-refractivity contribution in [2.45, 2.75) is 11.4 Å². The SMILES string of the molecule is Nc1nc(/C(=N/OCF)C(=O)N[C@@H]2C(=O)N3C(C(=O)[O-])=C(/C=C/C[N+](CCO)(CCO)CCO)CS[C@H]23)cs1. The molecule has 0 aliphatic carbocycles. The summed E-state index contributed by atoms with van der Waals surface area (Å²) in [7, 11) is 0. The Morgan fingerprint density at radius 1 is 1.31 bits per heavy atom. The monoisotopic (exact) mass is 588 g/mol. The summed E-state index contributed by atoms with van der Waals surface area (Å²) in [6.45, 7) is -0.708. The third kappa shape index (κ3) is 6.92. The normalized spacial score (nSPS) is 19.7. The zero-order valence-corrected chi connectivity index (χ0v) is 22.3. The van der Waals surface area contributed by atoms with Gasteiger partial charge in [-0.2, -0.15) is 0 Å². The lowest BCUT2D eigenvalue weighted by Crippen LogP contribution is -2.71. The fraction of sp³-hybridized carbons (Fsp3) is 0.500. The number of allylic oxidation sites excluding steroid dienone is 1. The van der Waals surface area contributed by atoms with Gasteiger partial charge in [0, 0.05) is 11.1 Å². The van der Waals surface area contributed by atoms with E-state index in [1.807, 2.05) is 0 Å². The Bertz CT molecular complexity index is 1140. The van der Waals surface area contributed by atoms with E-state index >= 15 is 0 Å². The number of aromatic nitrogens is 1. The fourth-order valence-electron chi connectivity index (χ4n) is 4.32. The van der Waals surface area contributed by atoms with Gasteiger partial charge in [-0.05, 0) is 11.6 Å². The van der Waals surface area contributed by atoms with Gasteiger partial charge in [-0.25, -0.2) is 9.37 Å². The van der Waals surface area contributed by atoms with E-state index in [0.29, 0.717) is 5.57 Å². The number of hydrogen-bond donors (Lipinski definition) is 5. The quantitative estimate of drug-likeness (QED) is 0.0608. The zero-order valence-electron chi connectivity index (χ0n) is 20.7. The molecule has 214 valence electrons. The Balaban J connectivity index is 1.77. The first-order valence-electron chi connectivity index (χ1n) is 11.7. The molecule has 0 aromatic carbocycles. The first kappa shape index (κ1) is 30.5. The number of oxime groups is 1. The van der Waals surface area contributed by atoms with Gasteiger partial charge in [0.15, 0.2) is 10.8 Å². The van der Waals surface area contributed by atoms with Crippen molar-refractivity contribution < 1.29 is 48.5 Å². The van der Waals surface area contributed by atoms with E-state index in [1.165, 1.54) is 17.1 Å². The van der Waals surface area contributed by atoms with Crippen LogP contribution >= 0.6 is 23.1 Å². The number of carbonyl (C=O) groups excluding carboxylic acids is 3. The number of carboxylic acid groups (broad SMARTS) is 1. The molecule has 3 heterocycles. The predicted molar refractivity (Wildman–Crippen MR) is 137 cm³/mol. The van der Waals surface area contributed by atoms with Gasteiger partial charge < -0.3 is 45.6 Å². The van der Waals surface area contributed by atoms with Crippen LogP contribution in [0.3, 0.4) is 0 Å². The highest BCUT2D eigenvalue weighted by Crippen LogP contribution is 2.40. The van der Waals surface area contributed by atoms with Crippen LogP contribution in [0.5, 0.6) is 0 Å². The van der Waals surface area contributed by atoms with Crippen molar-refractivity contribution in [2.75, 3.05) is 64.3 Å². The Labute approximate surface area is 230 Å². The molecule has 1 aromatic heterocycles. The zero-order chi connectivity index (χ0) is 28.6. The average Bonchev–Trinajstić information content (AvgIpc) is 3.33. The molecule has 0 bridgehead atoms. The van der Waals surface area contributed by atoms with Gasteiger partial charge in [-0.1, -0.05) is 11.2 Å². The van der Waals surface area contributed by atoms with Crippen molar-refractivity contribution in [2.24, 2.45) is 5.16 Å². The van der Waals surface area contributed by atoms with E-state index in [0.717, 1.165) is 16.2 Å². The van der Waals surface area contributed by atoms with Crippen molar-refractivity contribution in [3.8, 4) is 0 Å². The Morgan fingerprint density at radius 3 is 2.51 bits per heavy atom. The number of fused-ring (bicyclic) bond motifs is 1. The standard InChI is InChI=1S/C22H29FN6O8S2/c23-12-37-27-15(14-11-39-22(24)25-14)18(33)26-16-19(34)28-17(21(35)36)13(10-38-20(16)28)2-1-3-29(4-7-30,5-8-31)6-9-32/h1-2,11,16,20,30-32H,3-10,12H2,(H3-,24,25,26,33,35,36)/b2-1+,27-15-/t16-,20-/m1/s1. The number of thiazole rings is 1. The molecule has 6 N–H and O–H groups in total. The van der Waals surface area contributed by atoms with Gasteiger partial charge in [0.25, 0.3) is 18.7 Å². The molecule has 0 saturated carbocycles. The largest absolute Gasteiger partial charge is 0.543 e. The number of nitrogens with one attached hydrogen (secondary N) is 1. The van der Waals surface area contributed by atoms with Crippen LogP contribution in [0, 0.1) is 0 Å². The number of quaternary nitrogens is 1. The lowest BCUT2D eigenvalue weighted by atomic mass is 10.0. The number of alkyl halides is 1. The van der Waals surface area contributed by atoms with Crippen molar-refractivity contribution in [3.63, 3.8) is 0 Å². The van der Waals surface area contributed by atoms with Crippen LogP contribution in [0.2, 0.25) is 0 Å². The van der Waals surface area contributed by atoms with Crippen molar-refractivity contribution in [1.82, 2.24) is 15.2 Å². The van der Waals surface area contributed by atoms with Gasteiger partial charge in [0.2, 0.25) is 0 Å². The molecule has 2 amide bonds. The summed E-state index contributed by atoms with van der Waals surface area (Å²) < 4.78 is 12.7. The molecule has 0 radical (unpaired) electrons. The maximum Gasteiger partial charge on any atom is 0.276 e. The third-order valence-corrected chi connectivity index (χ3v) is 8.17. The van der Waals surface area contributed by atoms with Gasteiger partial charge in [0.05, 0.1) is 38.0 Å². The number of nitrogen functional groups attached to an aromatic ring is 1. The van der Waals surface area contributed by atoms with Crippen LogP contribution in [-0.4, -0.2) is 123 Å². The molecular formula is C22H29FN6O8S2. The molecule has 2 aliphatic rings. The maximum absolute atomic E-state index is 13.0. The molecule has 1 fully saturated rings. The Kier molecular flexibility index (Phi) is 10.8. The molecule has 1 saturated heterocycles. The second-order valence-electron chi connectivity index (χ2n) is 8.54. The smallest absolute Gasteiger partial charge is 0.276 e.